The van der Waals surface area contributed by atoms with Gasteiger partial charge in [-0.2, -0.15) is 0 Å². The molecular weight excluding hydrogens is 288 g/mol. The van der Waals surface area contributed by atoms with Crippen LogP contribution in [0.3, 0.4) is 0 Å². The monoisotopic (exact) mass is 308 g/mol. The van der Waals surface area contributed by atoms with Crippen LogP contribution < -0.4 is 0 Å². The Balaban J connectivity index is 1.84. The maximum absolute atomic E-state index is 2.33. The molecule has 0 aromatic heterocycles. The summed E-state index contributed by atoms with van der Waals surface area (Å²) in [7, 11) is 0. The number of allylic oxidation sites excluding steroid dienone is 4. The summed E-state index contributed by atoms with van der Waals surface area (Å²) in [5, 5.41) is 0. The van der Waals surface area contributed by atoms with Crippen LogP contribution in [0.1, 0.15) is 28.5 Å². The summed E-state index contributed by atoms with van der Waals surface area (Å²) < 4.78 is 0. The van der Waals surface area contributed by atoms with Crippen molar-refractivity contribution in [2.75, 3.05) is 0 Å². The summed E-state index contributed by atoms with van der Waals surface area (Å²) in [6.45, 7) is 0. The lowest BCUT2D eigenvalue weighted by molar-refractivity contribution is 0.746. The minimum absolute atomic E-state index is 0.334. The second kappa shape index (κ2) is 6.72. The summed E-state index contributed by atoms with van der Waals surface area (Å²) in [5.74, 6) is 0.690. The molecule has 0 spiro atoms. The van der Waals surface area contributed by atoms with E-state index in [1.54, 1.807) is 0 Å². The molecule has 0 amide bonds. The van der Waals surface area contributed by atoms with Crippen LogP contribution in [0, 0.1) is 0 Å². The van der Waals surface area contributed by atoms with Crippen LogP contribution in [0.5, 0.6) is 0 Å². The van der Waals surface area contributed by atoms with Crippen molar-refractivity contribution in [2.45, 2.75) is 11.8 Å². The zero-order valence-electron chi connectivity index (χ0n) is 13.5. The van der Waals surface area contributed by atoms with E-state index < -0.39 is 0 Å². The van der Waals surface area contributed by atoms with Crippen molar-refractivity contribution >= 4 is 5.57 Å². The number of benzene rings is 3. The normalized spacial score (nSPS) is 19.8. The van der Waals surface area contributed by atoms with Gasteiger partial charge in [-0.3, -0.25) is 0 Å². The van der Waals surface area contributed by atoms with E-state index in [4.69, 9.17) is 0 Å². The number of hydrogen-bond donors (Lipinski definition) is 0. The molecule has 1 aliphatic rings. The van der Waals surface area contributed by atoms with E-state index in [2.05, 4.69) is 109 Å². The maximum Gasteiger partial charge on any atom is 0.0199 e. The van der Waals surface area contributed by atoms with E-state index in [1.165, 1.54) is 22.3 Å². The summed E-state index contributed by atoms with van der Waals surface area (Å²) in [6.07, 6.45) is 6.81. The minimum Gasteiger partial charge on any atom is -0.0760 e. The van der Waals surface area contributed by atoms with Crippen molar-refractivity contribution in [3.8, 4) is 0 Å². The summed E-state index contributed by atoms with van der Waals surface area (Å²) in [6, 6.07) is 32.4. The van der Waals surface area contributed by atoms with Gasteiger partial charge in [0.2, 0.25) is 0 Å². The highest BCUT2D eigenvalue weighted by atomic mass is 14.3. The molecule has 0 nitrogen and oxygen atoms in total. The molecule has 0 fully saturated rings. The van der Waals surface area contributed by atoms with Gasteiger partial charge in [-0.25, -0.2) is 0 Å². The average Bonchev–Trinajstić information content (AvgIpc) is 2.69. The molecule has 0 saturated carbocycles. The molecule has 3 aromatic carbocycles. The topological polar surface area (TPSA) is 0 Å². The van der Waals surface area contributed by atoms with Gasteiger partial charge in [0, 0.05) is 11.8 Å². The molecule has 116 valence electrons. The molecule has 0 aliphatic heterocycles. The van der Waals surface area contributed by atoms with E-state index >= 15 is 0 Å². The highest BCUT2D eigenvalue weighted by Gasteiger charge is 2.28. The first-order valence-corrected chi connectivity index (χ1v) is 8.47. The molecule has 3 aromatic rings. The lowest BCUT2D eigenvalue weighted by Crippen LogP contribution is -2.14. The van der Waals surface area contributed by atoms with Crippen molar-refractivity contribution < 1.29 is 0 Å². The SMILES string of the molecule is C1=CC(c2ccccc2)C(c2ccccc2)C(c2ccccc2)=C1. The van der Waals surface area contributed by atoms with Gasteiger partial charge >= 0.3 is 0 Å². The lowest BCUT2D eigenvalue weighted by Gasteiger charge is -2.31. The van der Waals surface area contributed by atoms with Crippen molar-refractivity contribution in [1.29, 1.82) is 0 Å². The maximum atomic E-state index is 2.33. The predicted molar refractivity (Wildman–Crippen MR) is 102 cm³/mol. The third kappa shape index (κ3) is 2.83. The highest BCUT2D eigenvalue weighted by Crippen LogP contribution is 2.45. The van der Waals surface area contributed by atoms with E-state index in [1.807, 2.05) is 0 Å². The Bertz CT molecular complexity index is 842. The van der Waals surface area contributed by atoms with Crippen LogP contribution in [-0.4, -0.2) is 0 Å². The quantitative estimate of drug-likeness (QED) is 0.540. The third-order valence-electron chi connectivity index (χ3n) is 4.74. The highest BCUT2D eigenvalue weighted by molar-refractivity contribution is 5.76. The van der Waals surface area contributed by atoms with Crippen molar-refractivity contribution in [2.24, 2.45) is 0 Å². The first-order valence-electron chi connectivity index (χ1n) is 8.47. The van der Waals surface area contributed by atoms with Gasteiger partial charge < -0.3 is 0 Å². The summed E-state index contributed by atoms with van der Waals surface area (Å²) >= 11 is 0. The first kappa shape index (κ1) is 14.7. The van der Waals surface area contributed by atoms with Crippen LogP contribution in [0.25, 0.3) is 5.57 Å². The van der Waals surface area contributed by atoms with Crippen LogP contribution in [0.15, 0.2) is 109 Å². The van der Waals surface area contributed by atoms with E-state index in [0.29, 0.717) is 11.8 Å². The molecule has 0 heterocycles. The van der Waals surface area contributed by atoms with Gasteiger partial charge in [-0.05, 0) is 22.3 Å². The van der Waals surface area contributed by atoms with Crippen molar-refractivity contribution in [3.63, 3.8) is 0 Å². The Kier molecular flexibility index (Phi) is 4.12. The van der Waals surface area contributed by atoms with E-state index in [9.17, 15) is 0 Å². The van der Waals surface area contributed by atoms with Gasteiger partial charge in [0.05, 0.1) is 0 Å². The predicted octanol–water partition coefficient (Wildman–Crippen LogP) is 6.21. The van der Waals surface area contributed by atoms with Gasteiger partial charge in [-0.15, -0.1) is 0 Å². The van der Waals surface area contributed by atoms with Gasteiger partial charge in [0.15, 0.2) is 0 Å². The Morgan fingerprint density at radius 1 is 0.542 bits per heavy atom. The Hall–Kier alpha value is -2.86. The molecule has 0 saturated heterocycles. The molecule has 0 radical (unpaired) electrons. The zero-order chi connectivity index (χ0) is 16.2. The largest absolute Gasteiger partial charge is 0.0760 e. The molecule has 0 bridgehead atoms. The van der Waals surface area contributed by atoms with E-state index in [0.717, 1.165) is 0 Å². The molecule has 2 unspecified atom stereocenters. The Morgan fingerprint density at radius 2 is 1.08 bits per heavy atom. The standard InChI is InChI=1S/C24H20/c1-4-11-19(12-5-1)22-17-10-18-23(20-13-6-2-7-14-20)24(22)21-15-8-3-9-16-21/h1-18,22,24H. The Morgan fingerprint density at radius 3 is 1.71 bits per heavy atom. The fourth-order valence-corrected chi connectivity index (χ4v) is 3.62. The first-order chi connectivity index (χ1) is 11.9. The fourth-order valence-electron chi connectivity index (χ4n) is 3.62. The molecule has 4 rings (SSSR count). The fraction of sp³-hybridized carbons (Fsp3) is 0.0833. The number of rotatable bonds is 3. The average molecular weight is 308 g/mol. The van der Waals surface area contributed by atoms with Crippen LogP contribution >= 0.6 is 0 Å². The molecule has 2 atom stereocenters. The zero-order valence-corrected chi connectivity index (χ0v) is 13.5. The second-order valence-corrected chi connectivity index (χ2v) is 6.20. The lowest BCUT2D eigenvalue weighted by atomic mass is 9.72. The smallest absolute Gasteiger partial charge is 0.0199 e. The second-order valence-electron chi connectivity index (χ2n) is 6.20. The van der Waals surface area contributed by atoms with Gasteiger partial charge in [0.25, 0.3) is 0 Å². The molecular formula is C24H20. The Labute approximate surface area is 143 Å². The van der Waals surface area contributed by atoms with Crippen LogP contribution in [0.4, 0.5) is 0 Å². The summed E-state index contributed by atoms with van der Waals surface area (Å²) in [5.41, 5.74) is 5.42. The van der Waals surface area contributed by atoms with Gasteiger partial charge in [-0.1, -0.05) is 109 Å². The van der Waals surface area contributed by atoms with E-state index in [-0.39, 0.29) is 0 Å². The van der Waals surface area contributed by atoms with Crippen LogP contribution in [0.2, 0.25) is 0 Å². The number of hydrogen-bond acceptors (Lipinski definition) is 0. The van der Waals surface area contributed by atoms with Crippen LogP contribution in [-0.2, 0) is 0 Å². The summed E-state index contributed by atoms with van der Waals surface area (Å²) in [4.78, 5) is 0. The third-order valence-corrected chi connectivity index (χ3v) is 4.74. The molecule has 24 heavy (non-hydrogen) atoms. The minimum atomic E-state index is 0.334. The van der Waals surface area contributed by atoms with Gasteiger partial charge in [0.1, 0.15) is 0 Å². The van der Waals surface area contributed by atoms with Crippen molar-refractivity contribution in [1.82, 2.24) is 0 Å². The van der Waals surface area contributed by atoms with Crippen molar-refractivity contribution in [3.05, 3.63) is 126 Å². The molecule has 1 aliphatic carbocycles. The molecule has 0 heteroatoms. The molecule has 0 N–H and O–H groups in total.